The van der Waals surface area contributed by atoms with Gasteiger partial charge in [-0.15, -0.1) is 5.10 Å². The van der Waals surface area contributed by atoms with Crippen LogP contribution >= 0.6 is 11.8 Å². The van der Waals surface area contributed by atoms with E-state index in [4.69, 9.17) is 0 Å². The van der Waals surface area contributed by atoms with Gasteiger partial charge in [-0.2, -0.15) is 4.68 Å². The highest BCUT2D eigenvalue weighted by atomic mass is 32.2. The number of nitrogens with zero attached hydrogens (tertiary/aromatic N) is 4. The molecule has 0 saturated heterocycles. The van der Waals surface area contributed by atoms with Crippen molar-refractivity contribution in [3.8, 4) is 5.69 Å². The molecule has 0 aliphatic heterocycles. The summed E-state index contributed by atoms with van der Waals surface area (Å²) in [5.41, 5.74) is 4.71. The third kappa shape index (κ3) is 5.41. The number of hydrogen-bond acceptors (Lipinski definition) is 6. The number of thioether (sulfide) groups is 1. The largest absolute Gasteiger partial charge is 0.346 e. The molecule has 0 saturated carbocycles. The maximum atomic E-state index is 12.2. The molecular formula is C20H22N6O2S. The third-order valence-corrected chi connectivity index (χ3v) is 5.08. The van der Waals surface area contributed by atoms with E-state index >= 15 is 0 Å². The highest BCUT2D eigenvalue weighted by Gasteiger charge is 2.13. The zero-order chi connectivity index (χ0) is 20.8. The molecular weight excluding hydrogens is 388 g/mol. The minimum absolute atomic E-state index is 0.100. The second-order valence-electron chi connectivity index (χ2n) is 6.60. The SMILES string of the molecule is Cc1cc(C)c(NC(=O)CNC(=O)CSc2nnnn2-c2ccccc2)c(C)c1. The smallest absolute Gasteiger partial charge is 0.243 e. The van der Waals surface area contributed by atoms with Crippen LogP contribution < -0.4 is 10.6 Å². The lowest BCUT2D eigenvalue weighted by Crippen LogP contribution is -2.34. The zero-order valence-electron chi connectivity index (χ0n) is 16.5. The van der Waals surface area contributed by atoms with Crippen LogP contribution in [0.2, 0.25) is 0 Å². The number of aryl methyl sites for hydroxylation is 3. The summed E-state index contributed by atoms with van der Waals surface area (Å²) >= 11 is 1.20. The van der Waals surface area contributed by atoms with E-state index in [0.717, 1.165) is 28.1 Å². The molecule has 150 valence electrons. The van der Waals surface area contributed by atoms with Crippen molar-refractivity contribution >= 4 is 29.3 Å². The molecule has 3 rings (SSSR count). The Hall–Kier alpha value is -3.20. The molecule has 2 amide bonds. The zero-order valence-corrected chi connectivity index (χ0v) is 17.3. The van der Waals surface area contributed by atoms with E-state index in [1.165, 1.54) is 11.8 Å². The molecule has 0 bridgehead atoms. The number of aromatic nitrogens is 4. The highest BCUT2D eigenvalue weighted by molar-refractivity contribution is 7.99. The first-order valence-corrected chi connectivity index (χ1v) is 10.0. The highest BCUT2D eigenvalue weighted by Crippen LogP contribution is 2.21. The fraction of sp³-hybridized carbons (Fsp3) is 0.250. The molecule has 2 aromatic carbocycles. The molecule has 0 fully saturated rings. The molecule has 29 heavy (non-hydrogen) atoms. The van der Waals surface area contributed by atoms with Crippen LogP contribution in [0.3, 0.4) is 0 Å². The van der Waals surface area contributed by atoms with Crippen LogP contribution in [0.5, 0.6) is 0 Å². The molecule has 1 aromatic heterocycles. The van der Waals surface area contributed by atoms with Crippen LogP contribution in [-0.4, -0.2) is 44.3 Å². The topological polar surface area (TPSA) is 102 Å². The van der Waals surface area contributed by atoms with E-state index in [1.807, 2.05) is 63.2 Å². The predicted molar refractivity (Wildman–Crippen MR) is 112 cm³/mol. The summed E-state index contributed by atoms with van der Waals surface area (Å²) in [6.45, 7) is 5.80. The Morgan fingerprint density at radius 2 is 1.72 bits per heavy atom. The minimum Gasteiger partial charge on any atom is -0.346 e. The van der Waals surface area contributed by atoms with Crippen LogP contribution in [0.4, 0.5) is 5.69 Å². The van der Waals surface area contributed by atoms with E-state index in [1.54, 1.807) is 4.68 Å². The van der Waals surface area contributed by atoms with Gasteiger partial charge in [-0.05, 0) is 54.5 Å². The van der Waals surface area contributed by atoms with Crippen LogP contribution in [-0.2, 0) is 9.59 Å². The molecule has 3 aromatic rings. The Balaban J connectivity index is 1.50. The molecule has 0 aliphatic carbocycles. The summed E-state index contributed by atoms with van der Waals surface area (Å²) in [4.78, 5) is 24.3. The van der Waals surface area contributed by atoms with Gasteiger partial charge in [0, 0.05) is 5.69 Å². The van der Waals surface area contributed by atoms with Gasteiger partial charge in [-0.25, -0.2) is 0 Å². The van der Waals surface area contributed by atoms with Crippen LogP contribution in [0.1, 0.15) is 16.7 Å². The van der Waals surface area contributed by atoms with Crippen molar-refractivity contribution in [3.05, 3.63) is 59.2 Å². The average Bonchev–Trinajstić information content (AvgIpc) is 3.17. The molecule has 8 nitrogen and oxygen atoms in total. The summed E-state index contributed by atoms with van der Waals surface area (Å²) in [5.74, 6) is -0.444. The third-order valence-electron chi connectivity index (χ3n) is 4.16. The second kappa shape index (κ2) is 9.33. The molecule has 0 aliphatic rings. The first-order chi connectivity index (χ1) is 13.9. The first kappa shape index (κ1) is 20.5. The Bertz CT molecular complexity index is 996. The first-order valence-electron chi connectivity index (χ1n) is 9.05. The number of carbonyl (C=O) groups excluding carboxylic acids is 2. The second-order valence-corrected chi connectivity index (χ2v) is 7.54. The van der Waals surface area contributed by atoms with E-state index in [-0.39, 0.29) is 24.1 Å². The lowest BCUT2D eigenvalue weighted by Gasteiger charge is -2.13. The van der Waals surface area contributed by atoms with Crippen LogP contribution in [0.15, 0.2) is 47.6 Å². The Labute approximate surface area is 173 Å². The van der Waals surface area contributed by atoms with Gasteiger partial charge >= 0.3 is 0 Å². The van der Waals surface area contributed by atoms with E-state index in [2.05, 4.69) is 26.2 Å². The standard InChI is InChI=1S/C20H22N6O2S/c1-13-9-14(2)19(15(3)10-13)22-17(27)11-21-18(28)12-29-20-23-24-25-26(20)16-7-5-4-6-8-16/h4-10H,11-12H2,1-3H3,(H,21,28)(H,22,27). The number of tetrazole rings is 1. The van der Waals surface area contributed by atoms with Crippen molar-refractivity contribution in [1.29, 1.82) is 0 Å². The molecule has 0 unspecified atom stereocenters. The number of carbonyl (C=O) groups is 2. The Morgan fingerprint density at radius 1 is 1.03 bits per heavy atom. The normalized spacial score (nSPS) is 10.6. The molecule has 1 heterocycles. The van der Waals surface area contributed by atoms with Gasteiger partial charge in [0.05, 0.1) is 18.0 Å². The van der Waals surface area contributed by atoms with Crippen molar-refractivity contribution in [2.75, 3.05) is 17.6 Å². The van der Waals surface area contributed by atoms with Crippen molar-refractivity contribution in [2.45, 2.75) is 25.9 Å². The van der Waals surface area contributed by atoms with Gasteiger partial charge in [-0.1, -0.05) is 47.7 Å². The lowest BCUT2D eigenvalue weighted by atomic mass is 10.1. The molecule has 2 N–H and O–H groups in total. The van der Waals surface area contributed by atoms with Gasteiger partial charge in [0.1, 0.15) is 0 Å². The van der Waals surface area contributed by atoms with E-state index in [0.29, 0.717) is 5.16 Å². The Morgan fingerprint density at radius 3 is 2.41 bits per heavy atom. The van der Waals surface area contributed by atoms with E-state index in [9.17, 15) is 9.59 Å². The fourth-order valence-corrected chi connectivity index (χ4v) is 3.64. The van der Waals surface area contributed by atoms with Gasteiger partial charge in [0.25, 0.3) is 0 Å². The average molecular weight is 411 g/mol. The van der Waals surface area contributed by atoms with Gasteiger partial charge < -0.3 is 10.6 Å². The molecule has 0 spiro atoms. The quantitative estimate of drug-likeness (QED) is 0.580. The molecule has 0 radical (unpaired) electrons. The predicted octanol–water partition coefficient (Wildman–Crippen LogP) is 2.43. The summed E-state index contributed by atoms with van der Waals surface area (Å²) in [6.07, 6.45) is 0. The number of nitrogens with one attached hydrogen (secondary N) is 2. The number of amides is 2. The van der Waals surface area contributed by atoms with Crippen molar-refractivity contribution < 1.29 is 9.59 Å². The maximum absolute atomic E-state index is 12.2. The van der Waals surface area contributed by atoms with Gasteiger partial charge in [0.2, 0.25) is 17.0 Å². The number of hydrogen-bond donors (Lipinski definition) is 2. The molecule has 9 heteroatoms. The summed E-state index contributed by atoms with van der Waals surface area (Å²) in [6, 6.07) is 13.4. The summed E-state index contributed by atoms with van der Waals surface area (Å²) in [7, 11) is 0. The van der Waals surface area contributed by atoms with Crippen molar-refractivity contribution in [1.82, 2.24) is 25.5 Å². The number of rotatable bonds is 7. The van der Waals surface area contributed by atoms with Gasteiger partial charge in [0.15, 0.2) is 0 Å². The summed E-state index contributed by atoms with van der Waals surface area (Å²) < 4.78 is 1.56. The number of para-hydroxylation sites is 1. The number of anilines is 1. The Kier molecular flexibility index (Phi) is 6.61. The lowest BCUT2D eigenvalue weighted by molar-refractivity contribution is -0.122. The van der Waals surface area contributed by atoms with Gasteiger partial charge in [-0.3, -0.25) is 9.59 Å². The summed E-state index contributed by atoms with van der Waals surface area (Å²) in [5, 5.41) is 17.6. The van der Waals surface area contributed by atoms with Crippen molar-refractivity contribution in [3.63, 3.8) is 0 Å². The number of benzene rings is 2. The van der Waals surface area contributed by atoms with Crippen LogP contribution in [0.25, 0.3) is 5.69 Å². The van der Waals surface area contributed by atoms with Crippen molar-refractivity contribution in [2.24, 2.45) is 0 Å². The van der Waals surface area contributed by atoms with E-state index < -0.39 is 0 Å². The maximum Gasteiger partial charge on any atom is 0.243 e. The monoisotopic (exact) mass is 410 g/mol. The molecule has 0 atom stereocenters. The van der Waals surface area contributed by atoms with Crippen LogP contribution in [0, 0.1) is 20.8 Å². The minimum atomic E-state index is -0.273. The fourth-order valence-electron chi connectivity index (χ4n) is 2.92.